The van der Waals surface area contributed by atoms with Crippen LogP contribution in [0.5, 0.6) is 11.5 Å². The van der Waals surface area contributed by atoms with Crippen LogP contribution in [0.3, 0.4) is 0 Å². The van der Waals surface area contributed by atoms with Crippen LogP contribution >= 0.6 is 0 Å². The maximum absolute atomic E-state index is 5.33. The minimum atomic E-state index is 0.489. The second-order valence-corrected chi connectivity index (χ2v) is 5.37. The number of aromatic nitrogens is 2. The molecule has 2 aromatic rings. The Balaban J connectivity index is 1.80. The van der Waals surface area contributed by atoms with Gasteiger partial charge >= 0.3 is 0 Å². The number of nitrogens with zero attached hydrogens (tertiary/aromatic N) is 4. The first-order valence-electron chi connectivity index (χ1n) is 7.53. The largest absolute Gasteiger partial charge is 0.493 e. The molecule has 0 radical (unpaired) electrons. The molecule has 0 spiro atoms. The Morgan fingerprint density at radius 1 is 0.958 bits per heavy atom. The fraction of sp³-hybridized carbons (Fsp3) is 0.294. The zero-order valence-electron chi connectivity index (χ0n) is 14.1. The predicted octanol–water partition coefficient (Wildman–Crippen LogP) is 2.38. The van der Waals surface area contributed by atoms with Crippen LogP contribution in [0, 0.1) is 13.8 Å². The van der Waals surface area contributed by atoms with Crippen LogP contribution in [0.1, 0.15) is 17.0 Å². The zero-order chi connectivity index (χ0) is 17.1. The molecule has 1 aliphatic rings. The van der Waals surface area contributed by atoms with Crippen molar-refractivity contribution < 1.29 is 9.47 Å². The number of nitrogens with one attached hydrogen (secondary N) is 1. The van der Waals surface area contributed by atoms with Crippen LogP contribution in [0.2, 0.25) is 0 Å². The topological polar surface area (TPSA) is 81.0 Å². The highest BCUT2D eigenvalue weighted by atomic mass is 16.5. The molecule has 1 aromatic heterocycles. The number of methoxy groups -OCH3 is 2. The molecule has 0 fully saturated rings. The number of anilines is 1. The van der Waals surface area contributed by atoms with Gasteiger partial charge in [-0.05, 0) is 38.1 Å². The Bertz CT molecular complexity index is 809. The molecule has 0 aliphatic carbocycles. The molecular formula is C17H19N5O2. The molecule has 0 atom stereocenters. The van der Waals surface area contributed by atoms with E-state index in [0.717, 1.165) is 22.7 Å². The number of aryl methyl sites for hydroxylation is 2. The fourth-order valence-electron chi connectivity index (χ4n) is 2.47. The van der Waals surface area contributed by atoms with Crippen molar-refractivity contribution in [3.63, 3.8) is 0 Å². The van der Waals surface area contributed by atoms with Crippen molar-refractivity contribution in [2.24, 2.45) is 9.98 Å². The molecule has 0 saturated heterocycles. The Morgan fingerprint density at radius 2 is 1.67 bits per heavy atom. The third-order valence-corrected chi connectivity index (χ3v) is 3.54. The lowest BCUT2D eigenvalue weighted by Gasteiger charge is -2.09. The quantitative estimate of drug-likeness (QED) is 0.933. The monoisotopic (exact) mass is 325 g/mol. The lowest BCUT2D eigenvalue weighted by atomic mass is 10.1. The highest BCUT2D eigenvalue weighted by Crippen LogP contribution is 2.28. The van der Waals surface area contributed by atoms with Gasteiger partial charge in [-0.25, -0.2) is 20.0 Å². The maximum atomic E-state index is 5.33. The van der Waals surface area contributed by atoms with Crippen molar-refractivity contribution in [2.45, 2.75) is 13.8 Å². The summed E-state index contributed by atoms with van der Waals surface area (Å²) in [6.07, 6.45) is 0. The molecule has 1 aromatic carbocycles. The van der Waals surface area contributed by atoms with Gasteiger partial charge in [0.2, 0.25) is 11.9 Å². The fourth-order valence-corrected chi connectivity index (χ4v) is 2.47. The summed E-state index contributed by atoms with van der Waals surface area (Å²) in [7, 11) is 3.22. The number of hydrogen-bond acceptors (Lipinski definition) is 7. The van der Waals surface area contributed by atoms with Gasteiger partial charge in [0.15, 0.2) is 11.5 Å². The van der Waals surface area contributed by atoms with E-state index in [1.165, 1.54) is 0 Å². The number of ether oxygens (including phenoxy) is 2. The first-order chi connectivity index (χ1) is 11.6. The molecule has 1 N–H and O–H groups in total. The van der Waals surface area contributed by atoms with Gasteiger partial charge in [0.25, 0.3) is 0 Å². The standard InChI is InChI=1S/C17H19N5O2/c1-10-7-11(2)20-17(19-10)22-16-18-9-13(21-16)12-5-6-14(23-3)15(8-12)24-4/h5-8H,9H2,1-4H3,(H,18,19,20,22). The summed E-state index contributed by atoms with van der Waals surface area (Å²) in [5.41, 5.74) is 3.58. The Morgan fingerprint density at radius 3 is 2.33 bits per heavy atom. The predicted molar refractivity (Wildman–Crippen MR) is 93.5 cm³/mol. The molecule has 124 valence electrons. The molecule has 24 heavy (non-hydrogen) atoms. The number of hydrogen-bond donors (Lipinski definition) is 1. The summed E-state index contributed by atoms with van der Waals surface area (Å²) in [4.78, 5) is 17.6. The van der Waals surface area contributed by atoms with Gasteiger partial charge in [0, 0.05) is 17.0 Å². The summed E-state index contributed by atoms with van der Waals surface area (Å²) in [6.45, 7) is 4.34. The van der Waals surface area contributed by atoms with Crippen molar-refractivity contribution in [3.05, 3.63) is 41.2 Å². The van der Waals surface area contributed by atoms with Crippen LogP contribution in [-0.4, -0.2) is 42.4 Å². The molecule has 0 saturated carbocycles. The molecule has 2 heterocycles. The molecule has 0 amide bonds. The SMILES string of the molecule is COc1ccc(C2=NC(Nc3nc(C)cc(C)n3)=NC2)cc1OC. The van der Waals surface area contributed by atoms with Crippen LogP contribution in [-0.2, 0) is 0 Å². The van der Waals surface area contributed by atoms with E-state index in [4.69, 9.17) is 9.47 Å². The van der Waals surface area contributed by atoms with E-state index in [0.29, 0.717) is 30.0 Å². The highest BCUT2D eigenvalue weighted by molar-refractivity contribution is 6.14. The van der Waals surface area contributed by atoms with Crippen molar-refractivity contribution in [3.8, 4) is 11.5 Å². The Hall–Kier alpha value is -2.96. The second-order valence-electron chi connectivity index (χ2n) is 5.37. The van der Waals surface area contributed by atoms with Crippen LogP contribution in [0.15, 0.2) is 34.3 Å². The van der Waals surface area contributed by atoms with E-state index in [9.17, 15) is 0 Å². The third kappa shape index (κ3) is 3.34. The molecule has 0 bridgehead atoms. The van der Waals surface area contributed by atoms with Gasteiger partial charge in [0.05, 0.1) is 26.5 Å². The Labute approximate surface area is 140 Å². The van der Waals surface area contributed by atoms with Crippen LogP contribution in [0.4, 0.5) is 5.95 Å². The van der Waals surface area contributed by atoms with Crippen molar-refractivity contribution in [1.29, 1.82) is 0 Å². The van der Waals surface area contributed by atoms with E-state index in [1.54, 1.807) is 14.2 Å². The molecule has 0 unspecified atom stereocenters. The molecular weight excluding hydrogens is 306 g/mol. The molecule has 3 rings (SSSR count). The molecule has 1 aliphatic heterocycles. The zero-order valence-corrected chi connectivity index (χ0v) is 14.1. The molecule has 7 heteroatoms. The van der Waals surface area contributed by atoms with Gasteiger partial charge in [-0.3, -0.25) is 5.32 Å². The normalized spacial score (nSPS) is 13.3. The van der Waals surface area contributed by atoms with E-state index < -0.39 is 0 Å². The lowest BCUT2D eigenvalue weighted by molar-refractivity contribution is 0.355. The third-order valence-electron chi connectivity index (χ3n) is 3.54. The number of aliphatic imine (C=N–C) groups is 2. The van der Waals surface area contributed by atoms with E-state index in [2.05, 4.69) is 25.3 Å². The van der Waals surface area contributed by atoms with Gasteiger partial charge < -0.3 is 9.47 Å². The first-order valence-corrected chi connectivity index (χ1v) is 7.53. The summed E-state index contributed by atoms with van der Waals surface area (Å²) in [5, 5.41) is 3.06. The van der Waals surface area contributed by atoms with E-state index in [-0.39, 0.29) is 0 Å². The van der Waals surface area contributed by atoms with Gasteiger partial charge in [-0.1, -0.05) is 0 Å². The highest BCUT2D eigenvalue weighted by Gasteiger charge is 2.15. The number of rotatable bonds is 4. The van der Waals surface area contributed by atoms with Gasteiger partial charge in [-0.2, -0.15) is 0 Å². The summed E-state index contributed by atoms with van der Waals surface area (Å²) in [6, 6.07) is 7.60. The van der Waals surface area contributed by atoms with Gasteiger partial charge in [0.1, 0.15) is 0 Å². The Kier molecular flexibility index (Phi) is 4.41. The van der Waals surface area contributed by atoms with Gasteiger partial charge in [-0.15, -0.1) is 0 Å². The van der Waals surface area contributed by atoms with Crippen LogP contribution < -0.4 is 14.8 Å². The number of benzene rings is 1. The van der Waals surface area contributed by atoms with Crippen molar-refractivity contribution in [1.82, 2.24) is 9.97 Å². The molecule has 7 nitrogen and oxygen atoms in total. The first kappa shape index (κ1) is 15.9. The maximum Gasteiger partial charge on any atom is 0.230 e. The van der Waals surface area contributed by atoms with E-state index in [1.807, 2.05) is 38.1 Å². The minimum Gasteiger partial charge on any atom is -0.493 e. The summed E-state index contributed by atoms with van der Waals surface area (Å²) >= 11 is 0. The van der Waals surface area contributed by atoms with Crippen molar-refractivity contribution in [2.75, 3.05) is 26.1 Å². The lowest BCUT2D eigenvalue weighted by Crippen LogP contribution is -2.11. The van der Waals surface area contributed by atoms with E-state index >= 15 is 0 Å². The number of guanidine groups is 1. The smallest absolute Gasteiger partial charge is 0.230 e. The minimum absolute atomic E-state index is 0.489. The average molecular weight is 325 g/mol. The summed E-state index contributed by atoms with van der Waals surface area (Å²) in [5.74, 6) is 2.35. The van der Waals surface area contributed by atoms with Crippen LogP contribution in [0.25, 0.3) is 0 Å². The average Bonchev–Trinajstić information content (AvgIpc) is 3.01. The van der Waals surface area contributed by atoms with Crippen molar-refractivity contribution >= 4 is 17.6 Å². The second kappa shape index (κ2) is 6.66. The summed E-state index contributed by atoms with van der Waals surface area (Å²) < 4.78 is 10.6.